The number of hydrogen-bond donors (Lipinski definition) is 1. The largest absolute Gasteiger partial charge is 0.480 e. The normalized spacial score (nSPS) is 17.9. The summed E-state index contributed by atoms with van der Waals surface area (Å²) in [6, 6.07) is 6.90. The molecule has 1 aliphatic heterocycles. The number of amides is 1. The van der Waals surface area contributed by atoms with Crippen LogP contribution in [0.4, 0.5) is 0 Å². The quantitative estimate of drug-likeness (QED) is 0.928. The summed E-state index contributed by atoms with van der Waals surface area (Å²) >= 11 is 0. The van der Waals surface area contributed by atoms with Crippen molar-refractivity contribution in [3.05, 3.63) is 41.1 Å². The van der Waals surface area contributed by atoms with Crippen LogP contribution >= 0.6 is 0 Å². The van der Waals surface area contributed by atoms with Crippen LogP contribution in [0.25, 0.3) is 10.9 Å². The number of para-hydroxylation sites is 1. The van der Waals surface area contributed by atoms with Crippen molar-refractivity contribution >= 4 is 22.8 Å². The van der Waals surface area contributed by atoms with Gasteiger partial charge < -0.3 is 14.7 Å². The second-order valence-corrected chi connectivity index (χ2v) is 6.01. The molecule has 6 nitrogen and oxygen atoms in total. The number of carbonyl (C=O) groups is 2. The lowest BCUT2D eigenvalue weighted by molar-refractivity contribution is -0.158. The Labute approximate surface area is 140 Å². The molecule has 24 heavy (non-hydrogen) atoms. The second-order valence-electron chi connectivity index (χ2n) is 6.01. The third-order valence-electron chi connectivity index (χ3n) is 4.55. The van der Waals surface area contributed by atoms with Crippen LogP contribution in [0.3, 0.4) is 0 Å². The lowest BCUT2D eigenvalue weighted by Gasteiger charge is -2.33. The van der Waals surface area contributed by atoms with Crippen molar-refractivity contribution in [1.29, 1.82) is 0 Å². The fourth-order valence-electron chi connectivity index (χ4n) is 3.19. The van der Waals surface area contributed by atoms with E-state index in [-0.39, 0.29) is 18.9 Å². The molecular weight excluding hydrogens is 308 g/mol. The van der Waals surface area contributed by atoms with E-state index in [1.165, 1.54) is 4.90 Å². The third-order valence-corrected chi connectivity index (χ3v) is 4.55. The first-order valence-corrected chi connectivity index (χ1v) is 7.94. The van der Waals surface area contributed by atoms with E-state index in [0.717, 1.165) is 27.7 Å². The first-order valence-electron chi connectivity index (χ1n) is 7.94. The van der Waals surface area contributed by atoms with Gasteiger partial charge in [-0.3, -0.25) is 9.78 Å². The number of hydrogen-bond acceptors (Lipinski definition) is 4. The summed E-state index contributed by atoms with van der Waals surface area (Å²) in [5.41, 5.74) is 3.60. The molecule has 1 fully saturated rings. The van der Waals surface area contributed by atoms with Crippen molar-refractivity contribution in [3.8, 4) is 0 Å². The Balaban J connectivity index is 1.91. The van der Waals surface area contributed by atoms with E-state index in [9.17, 15) is 14.7 Å². The Morgan fingerprint density at radius 3 is 2.83 bits per heavy atom. The minimum atomic E-state index is -1.03. The van der Waals surface area contributed by atoms with Crippen LogP contribution < -0.4 is 0 Å². The van der Waals surface area contributed by atoms with Gasteiger partial charge in [0.25, 0.3) is 0 Å². The highest BCUT2D eigenvalue weighted by molar-refractivity contribution is 5.88. The van der Waals surface area contributed by atoms with Crippen LogP contribution in [0.15, 0.2) is 24.3 Å². The van der Waals surface area contributed by atoms with E-state index in [1.807, 2.05) is 38.1 Å². The predicted molar refractivity (Wildman–Crippen MR) is 88.9 cm³/mol. The first-order chi connectivity index (χ1) is 11.5. The summed E-state index contributed by atoms with van der Waals surface area (Å²) in [6.45, 7) is 4.57. The van der Waals surface area contributed by atoms with E-state index < -0.39 is 12.0 Å². The highest BCUT2D eigenvalue weighted by Gasteiger charge is 2.33. The molecule has 1 N–H and O–H groups in total. The van der Waals surface area contributed by atoms with Crippen molar-refractivity contribution < 1.29 is 19.4 Å². The van der Waals surface area contributed by atoms with Crippen molar-refractivity contribution in [2.45, 2.75) is 26.3 Å². The molecule has 1 aromatic heterocycles. The molecule has 2 aromatic rings. The van der Waals surface area contributed by atoms with Gasteiger partial charge in [-0.15, -0.1) is 0 Å². The van der Waals surface area contributed by atoms with Crippen LogP contribution in [0.5, 0.6) is 0 Å². The molecule has 0 bridgehead atoms. The summed E-state index contributed by atoms with van der Waals surface area (Å²) in [7, 11) is 0. The summed E-state index contributed by atoms with van der Waals surface area (Å²) in [5.74, 6) is -1.23. The minimum Gasteiger partial charge on any atom is -0.480 e. The summed E-state index contributed by atoms with van der Waals surface area (Å²) in [6.07, 6.45) is 0.152. The SMILES string of the molecule is Cc1nc2ccccc2c(C)c1CC(=O)N1CCOC[C@H]1C(=O)O. The Morgan fingerprint density at radius 1 is 1.33 bits per heavy atom. The standard InChI is InChI=1S/C18H20N2O4/c1-11-13-5-3-4-6-15(13)19-12(2)14(11)9-17(21)20-7-8-24-10-16(20)18(22)23/h3-6,16H,7-10H2,1-2H3,(H,22,23)/t16-/m0/s1. The molecule has 0 spiro atoms. The van der Waals surface area contributed by atoms with Crippen LogP contribution in [0.2, 0.25) is 0 Å². The number of carboxylic acid groups (broad SMARTS) is 1. The van der Waals surface area contributed by atoms with Crippen LogP contribution in [-0.2, 0) is 20.7 Å². The van der Waals surface area contributed by atoms with Gasteiger partial charge in [-0.1, -0.05) is 18.2 Å². The zero-order valence-electron chi connectivity index (χ0n) is 13.8. The number of carbonyl (C=O) groups excluding carboxylic acids is 1. The average molecular weight is 328 g/mol. The molecule has 126 valence electrons. The van der Waals surface area contributed by atoms with Gasteiger partial charge in [-0.2, -0.15) is 0 Å². The Bertz CT molecular complexity index is 803. The smallest absolute Gasteiger partial charge is 0.328 e. The number of ether oxygens (including phenoxy) is 1. The molecule has 3 rings (SSSR count). The number of pyridine rings is 1. The molecule has 1 saturated heterocycles. The Hall–Kier alpha value is -2.47. The van der Waals surface area contributed by atoms with Crippen molar-refractivity contribution in [3.63, 3.8) is 0 Å². The minimum absolute atomic E-state index is 0.0367. The van der Waals surface area contributed by atoms with Gasteiger partial charge in [0.15, 0.2) is 6.04 Å². The van der Waals surface area contributed by atoms with Gasteiger partial charge in [-0.25, -0.2) is 4.79 Å². The van der Waals surface area contributed by atoms with Crippen LogP contribution in [0, 0.1) is 13.8 Å². The lowest BCUT2D eigenvalue weighted by atomic mass is 9.98. The number of carboxylic acids is 1. The predicted octanol–water partition coefficient (Wildman–Crippen LogP) is 1.71. The number of aliphatic carboxylic acids is 1. The highest BCUT2D eigenvalue weighted by Crippen LogP contribution is 2.24. The molecule has 0 unspecified atom stereocenters. The fraction of sp³-hybridized carbons (Fsp3) is 0.389. The number of nitrogens with zero attached hydrogens (tertiary/aromatic N) is 2. The van der Waals surface area contributed by atoms with Crippen molar-refractivity contribution in [2.24, 2.45) is 0 Å². The number of fused-ring (bicyclic) bond motifs is 1. The highest BCUT2D eigenvalue weighted by atomic mass is 16.5. The monoisotopic (exact) mass is 328 g/mol. The summed E-state index contributed by atoms with van der Waals surface area (Å²) in [5, 5.41) is 10.3. The zero-order chi connectivity index (χ0) is 17.3. The maximum atomic E-state index is 12.7. The van der Waals surface area contributed by atoms with E-state index in [1.54, 1.807) is 0 Å². The average Bonchev–Trinajstić information content (AvgIpc) is 2.58. The molecule has 1 aromatic carbocycles. The Morgan fingerprint density at radius 2 is 2.08 bits per heavy atom. The summed E-state index contributed by atoms with van der Waals surface area (Å²) in [4.78, 5) is 30.0. The number of morpholine rings is 1. The maximum Gasteiger partial charge on any atom is 0.328 e. The van der Waals surface area contributed by atoms with Gasteiger partial charge in [0.1, 0.15) is 0 Å². The van der Waals surface area contributed by atoms with Gasteiger partial charge in [0.05, 0.1) is 25.2 Å². The molecule has 0 saturated carbocycles. The molecular formula is C18H20N2O4. The van der Waals surface area contributed by atoms with Crippen molar-refractivity contribution in [1.82, 2.24) is 9.88 Å². The lowest BCUT2D eigenvalue weighted by Crippen LogP contribution is -2.53. The molecule has 1 aliphatic rings. The van der Waals surface area contributed by atoms with Crippen LogP contribution in [-0.4, -0.2) is 52.7 Å². The number of aromatic nitrogens is 1. The van der Waals surface area contributed by atoms with Crippen LogP contribution in [0.1, 0.15) is 16.8 Å². The van der Waals surface area contributed by atoms with Gasteiger partial charge in [-0.05, 0) is 31.0 Å². The number of benzene rings is 1. The third kappa shape index (κ3) is 2.97. The zero-order valence-corrected chi connectivity index (χ0v) is 13.8. The topological polar surface area (TPSA) is 79.7 Å². The molecule has 6 heteroatoms. The number of aryl methyl sites for hydroxylation is 2. The fourth-order valence-corrected chi connectivity index (χ4v) is 3.19. The van der Waals surface area contributed by atoms with E-state index in [0.29, 0.717) is 13.2 Å². The van der Waals surface area contributed by atoms with Gasteiger partial charge >= 0.3 is 5.97 Å². The van der Waals surface area contributed by atoms with E-state index >= 15 is 0 Å². The first kappa shape index (κ1) is 16.4. The van der Waals surface area contributed by atoms with Crippen molar-refractivity contribution in [2.75, 3.05) is 19.8 Å². The van der Waals surface area contributed by atoms with E-state index in [2.05, 4.69) is 4.98 Å². The van der Waals surface area contributed by atoms with Gasteiger partial charge in [0, 0.05) is 17.6 Å². The molecule has 2 heterocycles. The maximum absolute atomic E-state index is 12.7. The Kier molecular flexibility index (Phi) is 4.49. The number of rotatable bonds is 3. The summed E-state index contributed by atoms with van der Waals surface area (Å²) < 4.78 is 5.19. The molecule has 1 amide bonds. The molecule has 1 atom stereocenters. The molecule has 0 aliphatic carbocycles. The van der Waals surface area contributed by atoms with E-state index in [4.69, 9.17) is 4.74 Å². The second kappa shape index (κ2) is 6.57. The molecule has 0 radical (unpaired) electrons. The van der Waals surface area contributed by atoms with Gasteiger partial charge in [0.2, 0.25) is 5.91 Å².